The molecule has 2 aromatic heterocycles. The minimum absolute atomic E-state index is 0. The first kappa shape index (κ1) is 28.4. The zero-order valence-corrected chi connectivity index (χ0v) is 23.8. The van der Waals surface area contributed by atoms with E-state index in [0.29, 0.717) is 22.8 Å². The molecule has 2 aliphatic rings. The fraction of sp³-hybridized carbons (Fsp3) is 0.278. The van der Waals surface area contributed by atoms with Gasteiger partial charge in [-0.2, -0.15) is 0 Å². The van der Waals surface area contributed by atoms with Gasteiger partial charge in [-0.15, -0.1) is 46.2 Å². The van der Waals surface area contributed by atoms with Crippen molar-refractivity contribution in [1.82, 2.24) is 20.2 Å². The van der Waals surface area contributed by atoms with Crippen LogP contribution in [0.5, 0.6) is 0 Å². The van der Waals surface area contributed by atoms with Crippen molar-refractivity contribution in [2.45, 2.75) is 17.8 Å². The van der Waals surface area contributed by atoms with Gasteiger partial charge in [0.15, 0.2) is 15.9 Å². The van der Waals surface area contributed by atoms with Gasteiger partial charge >= 0.3 is 29.6 Å². The number of hydrogen-bond donors (Lipinski definition) is 4. The molecule has 0 bridgehead atoms. The second kappa shape index (κ2) is 11.9. The van der Waals surface area contributed by atoms with Crippen LogP contribution in [0.2, 0.25) is 0 Å². The number of nitrogens with one attached hydrogen (secondary N) is 1. The summed E-state index contributed by atoms with van der Waals surface area (Å²) in [4.78, 5) is 57.9. The summed E-state index contributed by atoms with van der Waals surface area (Å²) in [6, 6.07) is -1.02. The Morgan fingerprint density at radius 2 is 2.06 bits per heavy atom. The second-order valence-corrected chi connectivity index (χ2v) is 11.1. The van der Waals surface area contributed by atoms with Gasteiger partial charge in [0.2, 0.25) is 0 Å². The van der Waals surface area contributed by atoms with Crippen LogP contribution in [-0.4, -0.2) is 72.4 Å². The van der Waals surface area contributed by atoms with Crippen LogP contribution >= 0.6 is 46.2 Å². The third-order valence-electron chi connectivity index (χ3n) is 4.89. The predicted octanol–water partition coefficient (Wildman–Crippen LogP) is -4.20. The summed E-state index contributed by atoms with van der Waals surface area (Å²) in [5.41, 5.74) is 10.8. The Balaban J connectivity index is 0.00000361. The molecule has 36 heavy (non-hydrogen) atoms. The molecule has 6 N–H and O–H groups in total. The SMILES string of the molecule is NC(=O)c1nc(CCSC2=C(C(=O)[O-])N3C(=O)[C@@H](NC(=O)/C(=N\O)c4csc(N)n4)[C@H]3SC2)cs1.[Na+]. The summed E-state index contributed by atoms with van der Waals surface area (Å²) in [5.74, 6) is -2.87. The van der Waals surface area contributed by atoms with E-state index in [9.17, 15) is 29.5 Å². The second-order valence-electron chi connectivity index (χ2n) is 7.05. The normalized spacial score (nSPS) is 19.3. The number of carbonyl (C=O) groups excluding carboxylic acids is 4. The minimum Gasteiger partial charge on any atom is -0.543 e. The Kier molecular flexibility index (Phi) is 9.42. The number of nitrogen functional groups attached to an aromatic ring is 1. The van der Waals surface area contributed by atoms with Crippen LogP contribution in [0, 0.1) is 0 Å². The number of carbonyl (C=O) groups is 4. The van der Waals surface area contributed by atoms with Gasteiger partial charge in [-0.1, -0.05) is 5.16 Å². The average Bonchev–Trinajstić information content (AvgIpc) is 3.46. The molecule has 4 heterocycles. The van der Waals surface area contributed by atoms with Gasteiger partial charge in [0.1, 0.15) is 17.1 Å². The fourth-order valence-corrected chi connectivity index (χ4v) is 7.18. The van der Waals surface area contributed by atoms with Crippen LogP contribution in [-0.2, 0) is 20.8 Å². The number of primary amides is 1. The molecule has 13 nitrogen and oxygen atoms in total. The molecule has 4 rings (SSSR count). The standard InChI is InChI=1S/C18H17N7O6S4.Na/c19-12(26)14-21-6(3-33-14)1-2-32-8-5-34-16-10(15(28)25(16)11(8)17(29)30)23-13(27)9(24-31)7-4-35-18(20)22-7;/h3-4,10,16,31H,1-2,5H2,(H2,19,26)(H2,20,22)(H,23,27)(H,29,30);/q;+1/p-1/b24-9-;/t10-,16-;/m1./s1. The van der Waals surface area contributed by atoms with Crippen LogP contribution in [0.25, 0.3) is 0 Å². The van der Waals surface area contributed by atoms with E-state index in [1.54, 1.807) is 5.38 Å². The number of hydrogen-bond acceptors (Lipinski definition) is 14. The van der Waals surface area contributed by atoms with Crippen LogP contribution < -0.4 is 51.4 Å². The molecule has 184 valence electrons. The van der Waals surface area contributed by atoms with Crippen molar-refractivity contribution in [2.75, 3.05) is 17.2 Å². The number of carboxylic acid groups (broad SMARTS) is 1. The van der Waals surface area contributed by atoms with Crippen LogP contribution in [0.15, 0.2) is 26.5 Å². The molecule has 18 heteroatoms. The average molecular weight is 578 g/mol. The number of aromatic nitrogens is 2. The monoisotopic (exact) mass is 577 g/mol. The van der Waals surface area contributed by atoms with E-state index in [2.05, 4.69) is 20.4 Å². The van der Waals surface area contributed by atoms with Crippen LogP contribution in [0.3, 0.4) is 0 Å². The number of thiazole rings is 2. The quantitative estimate of drug-likeness (QED) is 0.0736. The Hall–Kier alpha value is -2.15. The number of rotatable bonds is 9. The third-order valence-corrected chi connectivity index (χ3v) is 9.03. The van der Waals surface area contributed by atoms with Gasteiger partial charge in [-0.05, 0) is 6.42 Å². The van der Waals surface area contributed by atoms with Crippen molar-refractivity contribution in [3.63, 3.8) is 0 Å². The maximum atomic E-state index is 12.8. The number of anilines is 1. The zero-order valence-electron chi connectivity index (χ0n) is 18.5. The van der Waals surface area contributed by atoms with E-state index in [0.717, 1.165) is 27.6 Å². The first-order chi connectivity index (χ1) is 16.7. The Bertz CT molecular complexity index is 1280. The molecule has 3 amide bonds. The molecule has 2 atom stereocenters. The maximum absolute atomic E-state index is 12.8. The Morgan fingerprint density at radius 1 is 1.31 bits per heavy atom. The molecule has 0 aliphatic carbocycles. The summed E-state index contributed by atoms with van der Waals surface area (Å²) < 4.78 is 0. The number of thioether (sulfide) groups is 2. The Labute approximate surface area is 242 Å². The largest absolute Gasteiger partial charge is 1.00 e. The summed E-state index contributed by atoms with van der Waals surface area (Å²) in [6.07, 6.45) is 0.462. The minimum atomic E-state index is -1.50. The third kappa shape index (κ3) is 5.71. The molecular formula is C18H16N7NaO6S4. The van der Waals surface area contributed by atoms with E-state index in [-0.39, 0.29) is 56.8 Å². The molecule has 1 fully saturated rings. The van der Waals surface area contributed by atoms with Crippen molar-refractivity contribution in [1.29, 1.82) is 0 Å². The van der Waals surface area contributed by atoms with Gasteiger partial charge in [0.05, 0.1) is 17.4 Å². The topological polar surface area (TPSA) is 217 Å². The molecule has 2 aliphatic heterocycles. The number of nitrogens with two attached hydrogens (primary N) is 2. The number of aryl methyl sites for hydroxylation is 1. The number of fused-ring (bicyclic) bond motifs is 1. The summed E-state index contributed by atoms with van der Waals surface area (Å²) in [7, 11) is 0. The van der Waals surface area contributed by atoms with E-state index in [1.807, 2.05) is 0 Å². The van der Waals surface area contributed by atoms with E-state index in [4.69, 9.17) is 11.5 Å². The van der Waals surface area contributed by atoms with Gasteiger partial charge in [0.25, 0.3) is 17.7 Å². The van der Waals surface area contributed by atoms with Gasteiger partial charge < -0.3 is 31.9 Å². The number of carboxylic acids is 1. The number of nitrogens with zero attached hydrogens (tertiary/aromatic N) is 4. The molecule has 0 radical (unpaired) electrons. The summed E-state index contributed by atoms with van der Waals surface area (Å²) in [6.45, 7) is 0. The van der Waals surface area contributed by atoms with Gasteiger partial charge in [-0.3, -0.25) is 19.3 Å². The van der Waals surface area contributed by atoms with E-state index < -0.39 is 40.8 Å². The fourth-order valence-electron chi connectivity index (χ4n) is 3.32. The molecule has 0 unspecified atom stereocenters. The van der Waals surface area contributed by atoms with Crippen LogP contribution in [0.1, 0.15) is 21.2 Å². The molecular weight excluding hydrogens is 561 g/mol. The molecule has 0 aromatic carbocycles. The predicted molar refractivity (Wildman–Crippen MR) is 129 cm³/mol. The molecule has 1 saturated heterocycles. The number of aliphatic carboxylic acids is 1. The summed E-state index contributed by atoms with van der Waals surface area (Å²) >= 11 is 4.70. The molecule has 2 aromatic rings. The van der Waals surface area contributed by atoms with Crippen molar-refractivity contribution >= 4 is 80.7 Å². The van der Waals surface area contributed by atoms with Gasteiger partial charge in [0, 0.05) is 27.2 Å². The van der Waals surface area contributed by atoms with Gasteiger partial charge in [-0.25, -0.2) is 9.97 Å². The molecule has 0 spiro atoms. The Morgan fingerprint density at radius 3 is 2.64 bits per heavy atom. The van der Waals surface area contributed by atoms with Crippen molar-refractivity contribution in [2.24, 2.45) is 10.9 Å². The zero-order chi connectivity index (χ0) is 25.3. The van der Waals surface area contributed by atoms with Crippen molar-refractivity contribution < 1.29 is 59.0 Å². The smallest absolute Gasteiger partial charge is 0.543 e. The number of oxime groups is 1. The first-order valence-corrected chi connectivity index (χ1v) is 13.5. The number of amides is 3. The van der Waals surface area contributed by atoms with E-state index >= 15 is 0 Å². The number of β-lactam (4-membered cyclic amide) rings is 1. The van der Waals surface area contributed by atoms with E-state index in [1.165, 1.54) is 28.9 Å². The maximum Gasteiger partial charge on any atom is 1.00 e. The molecule has 0 saturated carbocycles. The van der Waals surface area contributed by atoms with Crippen molar-refractivity contribution in [3.05, 3.63) is 37.8 Å². The first-order valence-electron chi connectivity index (χ1n) is 9.71. The van der Waals surface area contributed by atoms with Crippen LogP contribution in [0.4, 0.5) is 5.13 Å². The van der Waals surface area contributed by atoms with Crippen molar-refractivity contribution in [3.8, 4) is 0 Å². The summed E-state index contributed by atoms with van der Waals surface area (Å²) in [5, 5.41) is 29.4.